The quantitative estimate of drug-likeness (QED) is 0.914. The number of halogens is 2. The molecule has 132 valence electrons. The van der Waals surface area contributed by atoms with Crippen molar-refractivity contribution >= 4 is 5.91 Å². The molecular weight excluding hydrogens is 316 g/mol. The Morgan fingerprint density at radius 2 is 2.04 bits per heavy atom. The Labute approximate surface area is 140 Å². The molecule has 24 heavy (non-hydrogen) atoms. The molecule has 0 aliphatic heterocycles. The molecule has 2 aliphatic carbocycles. The van der Waals surface area contributed by atoms with E-state index in [1.807, 2.05) is 6.92 Å². The molecular formula is C18H23F2NO3. The Bertz CT molecular complexity index is 620. The summed E-state index contributed by atoms with van der Waals surface area (Å²) in [7, 11) is 1.62. The number of phenolic OH excluding ortho intramolecular Hbond substituents is 1. The lowest BCUT2D eigenvalue weighted by Gasteiger charge is -2.57. The van der Waals surface area contributed by atoms with Crippen LogP contribution in [0.1, 0.15) is 49.4 Å². The smallest absolute Gasteiger partial charge is 0.260 e. The molecule has 1 amide bonds. The maximum absolute atomic E-state index is 14.0. The second-order valence-electron chi connectivity index (χ2n) is 6.83. The molecule has 2 saturated carbocycles. The van der Waals surface area contributed by atoms with E-state index in [-0.39, 0.29) is 17.6 Å². The molecule has 1 aromatic rings. The molecule has 0 saturated heterocycles. The first-order chi connectivity index (χ1) is 11.4. The van der Waals surface area contributed by atoms with Crippen LogP contribution >= 0.6 is 0 Å². The topological polar surface area (TPSA) is 49.8 Å². The van der Waals surface area contributed by atoms with Crippen LogP contribution in [0.25, 0.3) is 0 Å². The summed E-state index contributed by atoms with van der Waals surface area (Å²) in [5.74, 6) is -3.22. The summed E-state index contributed by atoms with van der Waals surface area (Å²) < 4.78 is 33.0. The number of carbonyl (C=O) groups excluding carboxylic acids is 1. The van der Waals surface area contributed by atoms with E-state index in [0.29, 0.717) is 19.1 Å². The molecule has 1 spiro atoms. The number of rotatable bonds is 4. The van der Waals surface area contributed by atoms with Gasteiger partial charge in [0.25, 0.3) is 5.91 Å². The van der Waals surface area contributed by atoms with Gasteiger partial charge in [-0.15, -0.1) is 0 Å². The Kier molecular flexibility index (Phi) is 4.51. The molecule has 2 aliphatic rings. The second kappa shape index (κ2) is 6.31. The zero-order valence-electron chi connectivity index (χ0n) is 14.0. The summed E-state index contributed by atoms with van der Waals surface area (Å²) >= 11 is 0. The number of benzene rings is 1. The Morgan fingerprint density at radius 1 is 1.38 bits per heavy atom. The Morgan fingerprint density at radius 3 is 2.62 bits per heavy atom. The highest BCUT2D eigenvalue weighted by atomic mass is 19.1. The highest BCUT2D eigenvalue weighted by Crippen LogP contribution is 2.56. The van der Waals surface area contributed by atoms with Crippen LogP contribution in [0.2, 0.25) is 0 Å². The molecule has 2 fully saturated rings. The highest BCUT2D eigenvalue weighted by molar-refractivity contribution is 5.97. The molecule has 1 N–H and O–H groups in total. The van der Waals surface area contributed by atoms with E-state index in [1.165, 1.54) is 4.90 Å². The van der Waals surface area contributed by atoms with Crippen LogP contribution < -0.4 is 0 Å². The van der Waals surface area contributed by atoms with Crippen LogP contribution in [0.5, 0.6) is 5.75 Å². The van der Waals surface area contributed by atoms with E-state index in [9.17, 15) is 18.7 Å². The zero-order valence-corrected chi connectivity index (χ0v) is 14.0. The zero-order chi connectivity index (χ0) is 17.5. The van der Waals surface area contributed by atoms with Crippen molar-refractivity contribution in [2.45, 2.75) is 51.2 Å². The summed E-state index contributed by atoms with van der Waals surface area (Å²) in [5, 5.41) is 9.80. The van der Waals surface area contributed by atoms with Crippen molar-refractivity contribution in [1.82, 2.24) is 4.90 Å². The lowest BCUT2D eigenvalue weighted by atomic mass is 9.60. The first-order valence-electron chi connectivity index (χ1n) is 8.47. The molecule has 0 bridgehead atoms. The molecule has 2 atom stereocenters. The predicted molar refractivity (Wildman–Crippen MR) is 84.8 cm³/mol. The van der Waals surface area contributed by atoms with Gasteiger partial charge >= 0.3 is 0 Å². The Balaban J connectivity index is 1.84. The van der Waals surface area contributed by atoms with Crippen LogP contribution in [0.3, 0.4) is 0 Å². The molecule has 1 aromatic carbocycles. The minimum atomic E-state index is -1.04. The summed E-state index contributed by atoms with van der Waals surface area (Å²) in [4.78, 5) is 14.2. The third-order valence-electron chi connectivity index (χ3n) is 5.68. The van der Waals surface area contributed by atoms with Crippen molar-refractivity contribution in [3.8, 4) is 5.75 Å². The number of hydrogen-bond acceptors (Lipinski definition) is 3. The van der Waals surface area contributed by atoms with Gasteiger partial charge in [-0.2, -0.15) is 0 Å². The summed E-state index contributed by atoms with van der Waals surface area (Å²) in [6.07, 6.45) is 4.99. The fraction of sp³-hybridized carbons (Fsp3) is 0.611. The van der Waals surface area contributed by atoms with Gasteiger partial charge in [-0.3, -0.25) is 4.79 Å². The van der Waals surface area contributed by atoms with Crippen LogP contribution in [0.4, 0.5) is 8.78 Å². The van der Waals surface area contributed by atoms with Crippen molar-refractivity contribution in [3.63, 3.8) is 0 Å². The summed E-state index contributed by atoms with van der Waals surface area (Å²) in [5.41, 5.74) is -0.543. The number of hydrogen-bond donors (Lipinski definition) is 1. The van der Waals surface area contributed by atoms with Crippen molar-refractivity contribution < 1.29 is 23.4 Å². The lowest BCUT2D eigenvalue weighted by molar-refractivity contribution is -0.152. The number of ether oxygens (including phenoxy) is 1. The van der Waals surface area contributed by atoms with Gasteiger partial charge in [0.2, 0.25) is 0 Å². The monoisotopic (exact) mass is 339 g/mol. The van der Waals surface area contributed by atoms with E-state index in [1.54, 1.807) is 7.05 Å². The van der Waals surface area contributed by atoms with Gasteiger partial charge in [-0.05, 0) is 26.2 Å². The molecule has 0 radical (unpaired) electrons. The van der Waals surface area contributed by atoms with Gasteiger partial charge in [0.1, 0.15) is 22.9 Å². The van der Waals surface area contributed by atoms with Crippen molar-refractivity contribution in [3.05, 3.63) is 29.3 Å². The van der Waals surface area contributed by atoms with E-state index < -0.39 is 28.9 Å². The van der Waals surface area contributed by atoms with E-state index >= 15 is 0 Å². The minimum Gasteiger partial charge on any atom is -0.507 e. The van der Waals surface area contributed by atoms with Crippen LogP contribution in [-0.2, 0) is 4.74 Å². The van der Waals surface area contributed by atoms with E-state index in [2.05, 4.69) is 0 Å². The summed E-state index contributed by atoms with van der Waals surface area (Å²) in [6.45, 7) is 2.58. The third kappa shape index (κ3) is 2.57. The third-order valence-corrected chi connectivity index (χ3v) is 5.68. The average Bonchev–Trinajstić information content (AvgIpc) is 3.02. The van der Waals surface area contributed by atoms with Gasteiger partial charge in [0.05, 0.1) is 6.10 Å². The summed E-state index contributed by atoms with van der Waals surface area (Å²) in [6, 6.07) is 1.34. The van der Waals surface area contributed by atoms with Crippen molar-refractivity contribution in [2.24, 2.45) is 5.41 Å². The largest absolute Gasteiger partial charge is 0.507 e. The van der Waals surface area contributed by atoms with Gasteiger partial charge in [0.15, 0.2) is 0 Å². The normalized spacial score (nSPS) is 24.8. The van der Waals surface area contributed by atoms with Crippen LogP contribution in [-0.4, -0.2) is 41.7 Å². The number of carbonyl (C=O) groups is 1. The average molecular weight is 339 g/mol. The van der Waals surface area contributed by atoms with Crippen molar-refractivity contribution in [1.29, 1.82) is 0 Å². The lowest BCUT2D eigenvalue weighted by Crippen LogP contribution is -2.64. The molecule has 6 heteroatoms. The standard InChI is InChI=1S/C18H23F2NO3/c1-3-24-15-10-14(18(15)6-4-5-7-18)21(2)17(23)16-12(20)8-11(19)9-13(16)22/h8-9,14-15,22H,3-7,10H2,1-2H3/t14-,15+/m0/s1. The molecule has 0 heterocycles. The Hall–Kier alpha value is -1.69. The van der Waals surface area contributed by atoms with Crippen LogP contribution in [0, 0.1) is 17.0 Å². The first kappa shape index (κ1) is 17.1. The second-order valence-corrected chi connectivity index (χ2v) is 6.83. The van der Waals surface area contributed by atoms with Gasteiger partial charge in [-0.25, -0.2) is 8.78 Å². The fourth-order valence-corrected chi connectivity index (χ4v) is 4.48. The van der Waals surface area contributed by atoms with Gasteiger partial charge in [0, 0.05) is 37.2 Å². The fourth-order valence-electron chi connectivity index (χ4n) is 4.48. The molecule has 0 unspecified atom stereocenters. The van der Waals surface area contributed by atoms with Crippen LogP contribution in [0.15, 0.2) is 12.1 Å². The SMILES string of the molecule is CCO[C@@H]1C[C@H](N(C)C(=O)c2c(O)cc(F)cc2F)C12CCCC2. The first-order valence-corrected chi connectivity index (χ1v) is 8.47. The van der Waals surface area contributed by atoms with Gasteiger partial charge < -0.3 is 14.7 Å². The minimum absolute atomic E-state index is 0.0482. The number of aromatic hydroxyl groups is 1. The van der Waals surface area contributed by atoms with E-state index in [4.69, 9.17) is 4.74 Å². The maximum atomic E-state index is 14.0. The predicted octanol–water partition coefficient (Wildman–Crippen LogP) is 3.48. The number of phenols is 1. The number of nitrogens with zero attached hydrogens (tertiary/aromatic N) is 1. The van der Waals surface area contributed by atoms with E-state index in [0.717, 1.165) is 31.7 Å². The molecule has 0 aromatic heterocycles. The molecule has 3 rings (SSSR count). The highest BCUT2D eigenvalue weighted by Gasteiger charge is 2.59. The van der Waals surface area contributed by atoms with Gasteiger partial charge in [-0.1, -0.05) is 12.8 Å². The number of amides is 1. The maximum Gasteiger partial charge on any atom is 0.260 e. The van der Waals surface area contributed by atoms with Crippen molar-refractivity contribution in [2.75, 3.05) is 13.7 Å². The molecule has 4 nitrogen and oxygen atoms in total.